The van der Waals surface area contributed by atoms with Gasteiger partial charge in [0, 0.05) is 0 Å². The lowest BCUT2D eigenvalue weighted by atomic mass is 10.0. The Morgan fingerprint density at radius 2 is 1.78 bits per heavy atom. The average molecular weight is 350 g/mol. The third-order valence-electron chi connectivity index (χ3n) is 2.55. The molecule has 0 heterocycles. The Morgan fingerprint density at radius 3 is 2.28 bits per heavy atom. The van der Waals surface area contributed by atoms with E-state index in [2.05, 4.69) is 0 Å². The fourth-order valence-electron chi connectivity index (χ4n) is 1.55. The summed E-state index contributed by atoms with van der Waals surface area (Å²) in [5.41, 5.74) is 1.15. The van der Waals surface area contributed by atoms with E-state index in [1.807, 2.05) is 6.92 Å². The van der Waals surface area contributed by atoms with Crippen molar-refractivity contribution in [1.29, 1.82) is 0 Å². The lowest BCUT2D eigenvalue weighted by Gasteiger charge is -2.28. The standard InChI is InChI=1S/C12H13Cl5O/c1-2-4-10(18)8-5-3-6-9(7-8)11(13,14)12(15,16)17/h3,5-7,10,18H,2,4H2,1H3. The molecule has 0 aliphatic rings. The van der Waals surface area contributed by atoms with Crippen molar-refractivity contribution in [2.75, 3.05) is 0 Å². The van der Waals surface area contributed by atoms with Gasteiger partial charge in [0.15, 0.2) is 4.33 Å². The summed E-state index contributed by atoms with van der Waals surface area (Å²) in [6, 6.07) is 6.82. The molecular weight excluding hydrogens is 337 g/mol. The van der Waals surface area contributed by atoms with Gasteiger partial charge in [-0.15, -0.1) is 0 Å². The van der Waals surface area contributed by atoms with Crippen LogP contribution < -0.4 is 0 Å². The van der Waals surface area contributed by atoms with Crippen LogP contribution >= 0.6 is 58.0 Å². The summed E-state index contributed by atoms with van der Waals surface area (Å²) < 4.78 is -3.52. The van der Waals surface area contributed by atoms with E-state index in [1.165, 1.54) is 0 Å². The predicted molar refractivity (Wildman–Crippen MR) is 80.0 cm³/mol. The fourth-order valence-corrected chi connectivity index (χ4v) is 2.11. The van der Waals surface area contributed by atoms with Gasteiger partial charge in [-0.25, -0.2) is 0 Å². The summed E-state index contributed by atoms with van der Waals surface area (Å²) in [5.74, 6) is 0. The zero-order valence-electron chi connectivity index (χ0n) is 9.64. The van der Waals surface area contributed by atoms with Crippen molar-refractivity contribution in [3.05, 3.63) is 35.4 Å². The Balaban J connectivity index is 3.09. The van der Waals surface area contributed by atoms with Crippen LogP contribution in [0.1, 0.15) is 37.0 Å². The van der Waals surface area contributed by atoms with Crippen LogP contribution in [-0.2, 0) is 4.33 Å². The van der Waals surface area contributed by atoms with E-state index >= 15 is 0 Å². The van der Waals surface area contributed by atoms with Crippen molar-refractivity contribution in [3.63, 3.8) is 0 Å². The zero-order valence-corrected chi connectivity index (χ0v) is 13.4. The number of aliphatic hydroxyl groups excluding tert-OH is 1. The third kappa shape index (κ3) is 3.82. The fraction of sp³-hybridized carbons (Fsp3) is 0.500. The molecule has 6 heteroatoms. The molecule has 102 valence electrons. The molecule has 0 aliphatic heterocycles. The van der Waals surface area contributed by atoms with Gasteiger partial charge >= 0.3 is 0 Å². The maximum atomic E-state index is 9.93. The molecule has 0 fully saturated rings. The predicted octanol–water partition coefficient (Wildman–Crippen LogP) is 5.52. The molecule has 1 nitrogen and oxygen atoms in total. The van der Waals surface area contributed by atoms with Gasteiger partial charge in [-0.3, -0.25) is 0 Å². The molecule has 0 aromatic heterocycles. The van der Waals surface area contributed by atoms with Crippen LogP contribution in [-0.4, -0.2) is 8.90 Å². The second-order valence-electron chi connectivity index (χ2n) is 4.00. The molecule has 0 saturated carbocycles. The van der Waals surface area contributed by atoms with E-state index in [9.17, 15) is 5.11 Å². The first-order valence-electron chi connectivity index (χ1n) is 5.43. The lowest BCUT2D eigenvalue weighted by molar-refractivity contribution is 0.166. The zero-order chi connectivity index (χ0) is 14.0. The van der Waals surface area contributed by atoms with Gasteiger partial charge in [0.2, 0.25) is 3.79 Å². The smallest absolute Gasteiger partial charge is 0.227 e. The quantitative estimate of drug-likeness (QED) is 0.709. The average Bonchev–Trinajstić information content (AvgIpc) is 2.28. The van der Waals surface area contributed by atoms with Crippen LogP contribution in [0.25, 0.3) is 0 Å². The van der Waals surface area contributed by atoms with E-state index in [4.69, 9.17) is 58.0 Å². The molecule has 1 atom stereocenters. The molecule has 1 aromatic carbocycles. The van der Waals surface area contributed by atoms with E-state index in [1.54, 1.807) is 24.3 Å². The van der Waals surface area contributed by atoms with Crippen molar-refractivity contribution in [2.45, 2.75) is 34.0 Å². The molecule has 1 aromatic rings. The number of hydrogen-bond donors (Lipinski definition) is 1. The molecule has 0 amide bonds. The van der Waals surface area contributed by atoms with E-state index in [-0.39, 0.29) is 0 Å². The maximum absolute atomic E-state index is 9.93. The second kappa shape index (κ2) is 6.39. The Hall–Kier alpha value is 0.630. The van der Waals surface area contributed by atoms with Crippen LogP contribution in [0.3, 0.4) is 0 Å². The molecule has 0 radical (unpaired) electrons. The summed E-state index contributed by atoms with van der Waals surface area (Å²) >= 11 is 29.4. The van der Waals surface area contributed by atoms with Gasteiger partial charge in [-0.1, -0.05) is 95.6 Å². The lowest BCUT2D eigenvalue weighted by Crippen LogP contribution is -2.28. The highest BCUT2D eigenvalue weighted by atomic mass is 35.6. The first kappa shape index (κ1) is 16.7. The summed E-state index contributed by atoms with van der Waals surface area (Å²) in [6.45, 7) is 1.99. The van der Waals surface area contributed by atoms with Crippen LogP contribution in [0, 0.1) is 0 Å². The highest BCUT2D eigenvalue weighted by Crippen LogP contribution is 2.53. The Bertz CT molecular complexity index is 400. The minimum absolute atomic E-state index is 0.443. The normalized spacial score (nSPS) is 14.6. The van der Waals surface area contributed by atoms with E-state index in [0.717, 1.165) is 6.42 Å². The van der Waals surface area contributed by atoms with Gasteiger partial charge in [0.1, 0.15) is 0 Å². The number of benzene rings is 1. The number of hydrogen-bond acceptors (Lipinski definition) is 1. The SMILES string of the molecule is CCCC(O)c1cccc(C(Cl)(Cl)C(Cl)(Cl)Cl)c1. The van der Waals surface area contributed by atoms with Crippen LogP contribution in [0.4, 0.5) is 0 Å². The summed E-state index contributed by atoms with van der Waals surface area (Å²) in [4.78, 5) is 0. The largest absolute Gasteiger partial charge is 0.388 e. The van der Waals surface area contributed by atoms with Crippen molar-refractivity contribution in [3.8, 4) is 0 Å². The van der Waals surface area contributed by atoms with Gasteiger partial charge in [-0.05, 0) is 17.5 Å². The summed E-state index contributed by atoms with van der Waals surface area (Å²) in [6.07, 6.45) is 0.937. The van der Waals surface area contributed by atoms with Crippen LogP contribution in [0.15, 0.2) is 24.3 Å². The molecule has 0 bridgehead atoms. The van der Waals surface area contributed by atoms with E-state index in [0.29, 0.717) is 17.5 Å². The third-order valence-corrected chi connectivity index (χ3v) is 4.99. The molecule has 18 heavy (non-hydrogen) atoms. The minimum Gasteiger partial charge on any atom is -0.388 e. The van der Waals surface area contributed by atoms with E-state index < -0.39 is 14.2 Å². The van der Waals surface area contributed by atoms with Crippen molar-refractivity contribution in [2.24, 2.45) is 0 Å². The number of alkyl halides is 5. The molecule has 0 saturated heterocycles. The van der Waals surface area contributed by atoms with Gasteiger partial charge in [-0.2, -0.15) is 0 Å². The molecular formula is C12H13Cl5O. The molecule has 1 N–H and O–H groups in total. The highest BCUT2D eigenvalue weighted by molar-refractivity contribution is 6.75. The number of halogens is 5. The van der Waals surface area contributed by atoms with Crippen LogP contribution in [0.2, 0.25) is 0 Å². The number of rotatable bonds is 4. The topological polar surface area (TPSA) is 20.2 Å². The Morgan fingerprint density at radius 1 is 1.17 bits per heavy atom. The van der Waals surface area contributed by atoms with Crippen molar-refractivity contribution >= 4 is 58.0 Å². The summed E-state index contributed by atoms with van der Waals surface area (Å²) in [5, 5.41) is 9.93. The molecule has 0 spiro atoms. The monoisotopic (exact) mass is 348 g/mol. The van der Waals surface area contributed by atoms with Crippen molar-refractivity contribution in [1.82, 2.24) is 0 Å². The maximum Gasteiger partial charge on any atom is 0.227 e. The molecule has 1 rings (SSSR count). The summed E-state index contributed by atoms with van der Waals surface area (Å²) in [7, 11) is 0. The van der Waals surface area contributed by atoms with Crippen LogP contribution in [0.5, 0.6) is 0 Å². The highest BCUT2D eigenvalue weighted by Gasteiger charge is 2.47. The van der Waals surface area contributed by atoms with Gasteiger partial charge in [0.25, 0.3) is 0 Å². The minimum atomic E-state index is -1.86. The first-order chi connectivity index (χ1) is 8.20. The first-order valence-corrected chi connectivity index (χ1v) is 7.32. The number of aliphatic hydroxyl groups is 1. The second-order valence-corrected chi connectivity index (χ2v) is 7.61. The Kier molecular flexibility index (Phi) is 5.92. The van der Waals surface area contributed by atoms with Gasteiger partial charge in [0.05, 0.1) is 6.10 Å². The van der Waals surface area contributed by atoms with Crippen molar-refractivity contribution < 1.29 is 5.11 Å². The molecule has 0 aliphatic carbocycles. The van der Waals surface area contributed by atoms with Gasteiger partial charge < -0.3 is 5.11 Å². The Labute approximate surface area is 132 Å². The molecule has 1 unspecified atom stereocenters.